The zero-order valence-electron chi connectivity index (χ0n) is 22.1. The van der Waals surface area contributed by atoms with E-state index in [0.717, 1.165) is 17.1 Å². The molecular weight excluding hydrogens is 506 g/mol. The predicted molar refractivity (Wildman–Crippen MR) is 140 cm³/mol. The number of phenols is 1. The fourth-order valence-corrected chi connectivity index (χ4v) is 5.72. The lowest BCUT2D eigenvalue weighted by Gasteiger charge is -2.46. The number of aryl methyl sites for hydroxylation is 2. The van der Waals surface area contributed by atoms with Crippen molar-refractivity contribution in [3.63, 3.8) is 0 Å². The molecule has 2 aromatic rings. The van der Waals surface area contributed by atoms with E-state index in [1.165, 1.54) is 11.6 Å². The normalized spacial score (nSPS) is 23.7. The smallest absolute Gasteiger partial charge is 0.255 e. The Bertz CT molecular complexity index is 1450. The largest absolute Gasteiger partial charge is 0.508 e. The van der Waals surface area contributed by atoms with Crippen molar-refractivity contribution in [1.29, 1.82) is 0 Å². The molecule has 1 fully saturated rings. The highest BCUT2D eigenvalue weighted by Gasteiger charge is 2.60. The quantitative estimate of drug-likeness (QED) is 0.368. The molecule has 206 valence electrons. The number of phenolic OH excluding ortho intramolecular Hbond substituents is 1. The van der Waals surface area contributed by atoms with E-state index < -0.39 is 52.0 Å². The molecule has 39 heavy (non-hydrogen) atoms. The molecule has 0 bridgehead atoms. The maximum atomic E-state index is 13.2. The summed E-state index contributed by atoms with van der Waals surface area (Å²) in [6.07, 6.45) is 0.146. The molecule has 10 heteroatoms. The maximum Gasteiger partial charge on any atom is 0.255 e. The highest BCUT2D eigenvalue weighted by atomic mass is 16.5. The second kappa shape index (κ2) is 10.1. The fourth-order valence-electron chi connectivity index (χ4n) is 5.72. The number of carbonyl (C=O) groups excluding carboxylic acids is 3. The number of rotatable bonds is 3. The van der Waals surface area contributed by atoms with Gasteiger partial charge in [-0.15, -0.1) is 0 Å². The van der Waals surface area contributed by atoms with Gasteiger partial charge in [0.05, 0.1) is 19.8 Å². The molecule has 5 rings (SSSR count). The number of nitrogens with two attached hydrogens (primary N) is 1. The Hall–Kier alpha value is -4.31. The Kier molecular flexibility index (Phi) is 7.18. The number of ether oxygens (including phenoxy) is 2. The number of amides is 1. The first kappa shape index (κ1) is 27.7. The summed E-state index contributed by atoms with van der Waals surface area (Å²) in [4.78, 5) is 37.0. The van der Waals surface area contributed by atoms with Crippen LogP contribution in [0.4, 0.5) is 0 Å². The van der Waals surface area contributed by atoms with Crippen molar-refractivity contribution in [1.82, 2.24) is 0 Å². The van der Waals surface area contributed by atoms with E-state index in [9.17, 15) is 34.8 Å². The molecule has 2 aromatic carbocycles. The molecule has 1 saturated carbocycles. The van der Waals surface area contributed by atoms with E-state index in [4.69, 9.17) is 15.2 Å². The Balaban J connectivity index is 0.000000270. The van der Waals surface area contributed by atoms with Gasteiger partial charge in [-0.25, -0.2) is 0 Å². The fraction of sp³-hybridized carbons (Fsp3) is 0.345. The molecule has 10 nitrogen and oxygen atoms in total. The standard InChI is InChI=1S/C20H19NO7.C9H12O2/c1-7-2-3-11(22)14-10(7)5-8-4-9-6-12(23)15(19(21)27)18(26)20(9,28)17(25)13(8)16(14)24;1-7-4-5-8(10-2)9(6-7)11-3/h2-3,8-9,22,24,26,28H,4-6H2,1H3,(H2,21,27);4-6H,1-3H3/t8-,9+,20+;/m1./s1. The van der Waals surface area contributed by atoms with Crippen LogP contribution in [0.25, 0.3) is 5.76 Å². The third-order valence-corrected chi connectivity index (χ3v) is 7.72. The number of ketones is 2. The Morgan fingerprint density at radius 1 is 1.00 bits per heavy atom. The monoisotopic (exact) mass is 537 g/mol. The lowest BCUT2D eigenvalue weighted by molar-refractivity contribution is -0.147. The number of aromatic hydroxyl groups is 1. The molecular formula is C29H31NO9. The topological polar surface area (TPSA) is 177 Å². The van der Waals surface area contributed by atoms with Crippen molar-refractivity contribution < 1.29 is 44.3 Å². The van der Waals surface area contributed by atoms with Crippen LogP contribution < -0.4 is 15.2 Å². The molecule has 0 radical (unpaired) electrons. The minimum Gasteiger partial charge on any atom is -0.508 e. The van der Waals surface area contributed by atoms with Crippen LogP contribution in [0.5, 0.6) is 17.2 Å². The lowest BCUT2D eigenvalue weighted by atomic mass is 9.59. The number of fused-ring (bicyclic) bond motifs is 3. The van der Waals surface area contributed by atoms with Gasteiger partial charge in [-0.2, -0.15) is 0 Å². The number of carbonyl (C=O) groups is 3. The average molecular weight is 538 g/mol. The summed E-state index contributed by atoms with van der Waals surface area (Å²) >= 11 is 0. The van der Waals surface area contributed by atoms with E-state index in [0.29, 0.717) is 12.0 Å². The van der Waals surface area contributed by atoms with Crippen molar-refractivity contribution in [3.05, 3.63) is 69.5 Å². The summed E-state index contributed by atoms with van der Waals surface area (Å²) < 4.78 is 10.2. The molecule has 3 aliphatic carbocycles. The first-order valence-corrected chi connectivity index (χ1v) is 12.3. The van der Waals surface area contributed by atoms with E-state index in [-0.39, 0.29) is 29.7 Å². The molecule has 0 unspecified atom stereocenters. The van der Waals surface area contributed by atoms with Gasteiger partial charge in [-0.1, -0.05) is 12.1 Å². The number of primary amides is 1. The number of aliphatic hydroxyl groups is 3. The Morgan fingerprint density at radius 3 is 2.28 bits per heavy atom. The second-order valence-electron chi connectivity index (χ2n) is 10.0. The summed E-state index contributed by atoms with van der Waals surface area (Å²) in [7, 11) is 3.27. The number of methoxy groups -OCH3 is 2. The third kappa shape index (κ3) is 4.40. The zero-order valence-corrected chi connectivity index (χ0v) is 22.1. The van der Waals surface area contributed by atoms with Crippen LogP contribution in [0.1, 0.15) is 35.1 Å². The van der Waals surface area contributed by atoms with Crippen molar-refractivity contribution in [2.24, 2.45) is 17.6 Å². The van der Waals surface area contributed by atoms with Crippen LogP contribution in [0.3, 0.4) is 0 Å². The van der Waals surface area contributed by atoms with E-state index >= 15 is 0 Å². The minimum absolute atomic E-state index is 0.118. The molecule has 3 aliphatic rings. The van der Waals surface area contributed by atoms with Crippen molar-refractivity contribution >= 4 is 23.2 Å². The summed E-state index contributed by atoms with van der Waals surface area (Å²) in [6.45, 7) is 3.83. The average Bonchev–Trinajstić information content (AvgIpc) is 2.88. The van der Waals surface area contributed by atoms with Crippen LogP contribution >= 0.6 is 0 Å². The first-order chi connectivity index (χ1) is 18.4. The van der Waals surface area contributed by atoms with Crippen molar-refractivity contribution in [2.45, 2.75) is 38.7 Å². The van der Waals surface area contributed by atoms with Crippen LogP contribution in [0, 0.1) is 25.7 Å². The number of benzene rings is 2. The Labute approximate surface area is 225 Å². The highest BCUT2D eigenvalue weighted by Crippen LogP contribution is 2.52. The van der Waals surface area contributed by atoms with Gasteiger partial charge in [0.15, 0.2) is 22.9 Å². The SMILES string of the molecule is COc1ccc(C)cc1OC.Cc1ccc(O)c2c1C[C@H]1C[C@H]3CC(=O)C(C(N)=O)=C(O)[C@@]3(O)C(=O)C1=C2O. The number of hydrogen-bond acceptors (Lipinski definition) is 9. The van der Waals surface area contributed by atoms with Gasteiger partial charge in [0, 0.05) is 17.9 Å². The van der Waals surface area contributed by atoms with Gasteiger partial charge in [0.1, 0.15) is 22.8 Å². The number of Topliss-reactive ketones (excluding diaryl/α,β-unsaturated/α-hetero) is 2. The van der Waals surface area contributed by atoms with Gasteiger partial charge in [0.25, 0.3) is 5.91 Å². The zero-order chi connectivity index (χ0) is 28.8. The van der Waals surface area contributed by atoms with Crippen molar-refractivity contribution in [3.8, 4) is 17.2 Å². The first-order valence-electron chi connectivity index (χ1n) is 12.3. The van der Waals surface area contributed by atoms with E-state index in [2.05, 4.69) is 0 Å². The molecule has 0 heterocycles. The van der Waals surface area contributed by atoms with E-state index in [1.807, 2.05) is 32.0 Å². The molecule has 0 aliphatic heterocycles. The third-order valence-electron chi connectivity index (χ3n) is 7.72. The van der Waals surface area contributed by atoms with Gasteiger partial charge in [-0.05, 0) is 67.5 Å². The summed E-state index contributed by atoms with van der Waals surface area (Å²) in [5, 5.41) is 42.5. The summed E-state index contributed by atoms with van der Waals surface area (Å²) in [6, 6.07) is 8.93. The number of aliphatic hydroxyl groups excluding tert-OH is 2. The Morgan fingerprint density at radius 2 is 1.67 bits per heavy atom. The summed E-state index contributed by atoms with van der Waals surface area (Å²) in [5.41, 5.74) is 4.50. The van der Waals surface area contributed by atoms with Crippen LogP contribution in [0.15, 0.2) is 47.2 Å². The van der Waals surface area contributed by atoms with Gasteiger partial charge < -0.3 is 35.6 Å². The molecule has 1 amide bonds. The molecule has 3 atom stereocenters. The second-order valence-corrected chi connectivity index (χ2v) is 10.0. The van der Waals surface area contributed by atoms with Crippen LogP contribution in [-0.4, -0.2) is 57.7 Å². The molecule has 0 spiro atoms. The molecule has 0 saturated heterocycles. The molecule has 6 N–H and O–H groups in total. The van der Waals surface area contributed by atoms with Gasteiger partial charge in [0.2, 0.25) is 5.78 Å². The summed E-state index contributed by atoms with van der Waals surface area (Å²) in [5.74, 6) is -4.56. The van der Waals surface area contributed by atoms with Crippen LogP contribution in [0.2, 0.25) is 0 Å². The highest BCUT2D eigenvalue weighted by molar-refractivity contribution is 6.22. The van der Waals surface area contributed by atoms with Gasteiger partial charge in [-0.3, -0.25) is 14.4 Å². The van der Waals surface area contributed by atoms with Crippen LogP contribution in [-0.2, 0) is 20.8 Å². The predicted octanol–water partition coefficient (Wildman–Crippen LogP) is 2.74. The maximum absolute atomic E-state index is 13.2. The number of hydrogen-bond donors (Lipinski definition) is 5. The molecule has 0 aromatic heterocycles. The lowest BCUT2D eigenvalue weighted by Crippen LogP contribution is -2.58. The van der Waals surface area contributed by atoms with Gasteiger partial charge >= 0.3 is 0 Å². The minimum atomic E-state index is -2.52. The van der Waals surface area contributed by atoms with Crippen molar-refractivity contribution in [2.75, 3.05) is 14.2 Å². The van der Waals surface area contributed by atoms with E-state index in [1.54, 1.807) is 20.3 Å².